The Labute approximate surface area is 100 Å². The van der Waals surface area contributed by atoms with Gasteiger partial charge in [0, 0.05) is 18.8 Å². The number of nitrogens with one attached hydrogen (secondary N) is 1. The summed E-state index contributed by atoms with van der Waals surface area (Å²) in [7, 11) is 0. The Morgan fingerprint density at radius 1 is 1.25 bits per heavy atom. The van der Waals surface area contributed by atoms with Crippen LogP contribution in [0.25, 0.3) is 0 Å². The van der Waals surface area contributed by atoms with E-state index >= 15 is 0 Å². The lowest BCUT2D eigenvalue weighted by Gasteiger charge is -2.17. The van der Waals surface area contributed by atoms with E-state index in [1.54, 1.807) is 0 Å². The zero-order chi connectivity index (χ0) is 12.4. The largest absolute Gasteiger partial charge is 0.395 e. The minimum absolute atomic E-state index is 0.201. The van der Waals surface area contributed by atoms with E-state index in [9.17, 15) is 0 Å². The molecule has 2 N–H and O–H groups in total. The smallest absolute Gasteiger partial charge is 0.0555 e. The van der Waals surface area contributed by atoms with Crippen molar-refractivity contribution < 1.29 is 5.11 Å². The Morgan fingerprint density at radius 2 is 1.94 bits per heavy atom. The number of aliphatic hydroxyl groups excluding tert-OH is 1. The van der Waals surface area contributed by atoms with Crippen molar-refractivity contribution in [3.8, 4) is 0 Å². The highest BCUT2D eigenvalue weighted by molar-refractivity contribution is 5.88. The zero-order valence-electron chi connectivity index (χ0n) is 11.3. The quantitative estimate of drug-likeness (QED) is 0.469. The van der Waals surface area contributed by atoms with Gasteiger partial charge in [-0.2, -0.15) is 0 Å². The van der Waals surface area contributed by atoms with E-state index in [2.05, 4.69) is 38.0 Å². The highest BCUT2D eigenvalue weighted by Gasteiger charge is 2.12. The molecule has 0 rings (SSSR count). The van der Waals surface area contributed by atoms with Gasteiger partial charge in [-0.25, -0.2) is 0 Å². The van der Waals surface area contributed by atoms with Gasteiger partial charge >= 0.3 is 0 Å². The molecule has 0 fully saturated rings. The number of hydrogen-bond donors (Lipinski definition) is 2. The first-order valence-electron chi connectivity index (χ1n) is 6.49. The van der Waals surface area contributed by atoms with Crippen LogP contribution in [-0.2, 0) is 0 Å². The van der Waals surface area contributed by atoms with E-state index in [0.29, 0.717) is 18.4 Å². The first-order valence-corrected chi connectivity index (χ1v) is 6.49. The van der Waals surface area contributed by atoms with Crippen LogP contribution in [0.4, 0.5) is 0 Å². The van der Waals surface area contributed by atoms with Gasteiger partial charge in [0.15, 0.2) is 0 Å². The van der Waals surface area contributed by atoms with Crippen LogP contribution in [0.1, 0.15) is 40.5 Å². The highest BCUT2D eigenvalue weighted by atomic mass is 16.3. The Hall–Kier alpha value is -0.410. The molecule has 0 heterocycles. The van der Waals surface area contributed by atoms with Crippen LogP contribution in [-0.4, -0.2) is 37.1 Å². The highest BCUT2D eigenvalue weighted by Crippen LogP contribution is 2.14. The van der Waals surface area contributed by atoms with Gasteiger partial charge in [0.25, 0.3) is 0 Å². The average Bonchev–Trinajstić information content (AvgIpc) is 2.23. The molecule has 0 aliphatic rings. The fourth-order valence-corrected chi connectivity index (χ4v) is 1.96. The fraction of sp³-hybridized carbons (Fsp3) is 0.923. The molecule has 0 aliphatic carbocycles. The molecule has 0 radical (unpaired) electrons. The SMILES string of the molecule is CCCC(C)C(=NCCNCCO)C(C)C. The molecule has 0 aromatic carbocycles. The third-order valence-corrected chi connectivity index (χ3v) is 2.69. The van der Waals surface area contributed by atoms with Gasteiger partial charge < -0.3 is 10.4 Å². The van der Waals surface area contributed by atoms with Crippen LogP contribution >= 0.6 is 0 Å². The lowest BCUT2D eigenvalue weighted by atomic mass is 9.92. The minimum Gasteiger partial charge on any atom is -0.395 e. The van der Waals surface area contributed by atoms with Gasteiger partial charge in [-0.1, -0.05) is 34.1 Å². The van der Waals surface area contributed by atoms with Gasteiger partial charge in [0.1, 0.15) is 0 Å². The van der Waals surface area contributed by atoms with E-state index < -0.39 is 0 Å². The third-order valence-electron chi connectivity index (χ3n) is 2.69. The van der Waals surface area contributed by atoms with Crippen LogP contribution in [0.15, 0.2) is 4.99 Å². The average molecular weight is 228 g/mol. The third kappa shape index (κ3) is 6.96. The molecule has 1 atom stereocenters. The Balaban J connectivity index is 4.04. The van der Waals surface area contributed by atoms with Crippen molar-refractivity contribution in [2.75, 3.05) is 26.2 Å². The van der Waals surface area contributed by atoms with Crippen molar-refractivity contribution in [1.29, 1.82) is 0 Å². The second kappa shape index (κ2) is 9.79. The standard InChI is InChI=1S/C13H28N2O/c1-5-6-12(4)13(11(2)3)15-8-7-14-9-10-16/h11-12,14,16H,5-10H2,1-4H3. The van der Waals surface area contributed by atoms with Crippen LogP contribution in [0, 0.1) is 11.8 Å². The number of hydrogen-bond acceptors (Lipinski definition) is 3. The van der Waals surface area contributed by atoms with Crippen LogP contribution < -0.4 is 5.32 Å². The Bertz CT molecular complexity index is 190. The number of rotatable bonds is 9. The van der Waals surface area contributed by atoms with Crippen molar-refractivity contribution in [3.05, 3.63) is 0 Å². The van der Waals surface area contributed by atoms with Crippen LogP contribution in [0.2, 0.25) is 0 Å². The number of nitrogens with zero attached hydrogens (tertiary/aromatic N) is 1. The van der Waals surface area contributed by atoms with E-state index in [4.69, 9.17) is 5.11 Å². The molecule has 3 nitrogen and oxygen atoms in total. The lowest BCUT2D eigenvalue weighted by Crippen LogP contribution is -2.23. The summed E-state index contributed by atoms with van der Waals surface area (Å²) < 4.78 is 0. The first kappa shape index (κ1) is 15.6. The predicted molar refractivity (Wildman–Crippen MR) is 71.2 cm³/mol. The van der Waals surface area contributed by atoms with Gasteiger partial charge in [-0.15, -0.1) is 0 Å². The topological polar surface area (TPSA) is 44.6 Å². The summed E-state index contributed by atoms with van der Waals surface area (Å²) in [5.41, 5.74) is 1.34. The molecule has 16 heavy (non-hydrogen) atoms. The van der Waals surface area contributed by atoms with Crippen molar-refractivity contribution in [2.45, 2.75) is 40.5 Å². The molecule has 96 valence electrons. The monoisotopic (exact) mass is 228 g/mol. The van der Waals surface area contributed by atoms with Crippen LogP contribution in [0.5, 0.6) is 0 Å². The van der Waals surface area contributed by atoms with Gasteiger partial charge in [-0.05, 0) is 18.3 Å². The van der Waals surface area contributed by atoms with Crippen molar-refractivity contribution in [3.63, 3.8) is 0 Å². The summed E-state index contributed by atoms with van der Waals surface area (Å²) in [6.07, 6.45) is 2.44. The zero-order valence-corrected chi connectivity index (χ0v) is 11.3. The first-order chi connectivity index (χ1) is 7.63. The molecular weight excluding hydrogens is 200 g/mol. The summed E-state index contributed by atoms with van der Waals surface area (Å²) >= 11 is 0. The summed E-state index contributed by atoms with van der Waals surface area (Å²) in [4.78, 5) is 4.69. The van der Waals surface area contributed by atoms with Crippen molar-refractivity contribution in [2.24, 2.45) is 16.8 Å². The fourth-order valence-electron chi connectivity index (χ4n) is 1.96. The maximum absolute atomic E-state index is 8.62. The molecule has 1 unspecified atom stereocenters. The Morgan fingerprint density at radius 3 is 2.44 bits per heavy atom. The molecule has 3 heteroatoms. The second-order valence-electron chi connectivity index (χ2n) is 4.62. The molecule has 0 saturated heterocycles. The summed E-state index contributed by atoms with van der Waals surface area (Å²) in [5, 5.41) is 11.8. The molecule has 0 aliphatic heterocycles. The molecule has 0 saturated carbocycles. The Kier molecular flexibility index (Phi) is 9.54. The lowest BCUT2D eigenvalue weighted by molar-refractivity contribution is 0.293. The van der Waals surface area contributed by atoms with Gasteiger partial charge in [-0.3, -0.25) is 4.99 Å². The van der Waals surface area contributed by atoms with E-state index in [1.165, 1.54) is 18.6 Å². The van der Waals surface area contributed by atoms with Gasteiger partial charge in [0.05, 0.1) is 13.2 Å². The van der Waals surface area contributed by atoms with Gasteiger partial charge in [0.2, 0.25) is 0 Å². The summed E-state index contributed by atoms with van der Waals surface area (Å²) in [6, 6.07) is 0. The summed E-state index contributed by atoms with van der Waals surface area (Å²) in [6.45, 7) is 11.5. The maximum Gasteiger partial charge on any atom is 0.0555 e. The van der Waals surface area contributed by atoms with Crippen LogP contribution in [0.3, 0.4) is 0 Å². The molecule has 0 aromatic heterocycles. The number of aliphatic hydroxyl groups is 1. The van der Waals surface area contributed by atoms with E-state index in [1.807, 2.05) is 0 Å². The minimum atomic E-state index is 0.201. The molecular formula is C13H28N2O. The maximum atomic E-state index is 8.62. The second-order valence-corrected chi connectivity index (χ2v) is 4.62. The predicted octanol–water partition coefficient (Wildman–Crippen LogP) is 2.10. The molecule has 0 aromatic rings. The molecule has 0 amide bonds. The van der Waals surface area contributed by atoms with Crippen molar-refractivity contribution in [1.82, 2.24) is 5.32 Å². The van der Waals surface area contributed by atoms with E-state index in [0.717, 1.165) is 13.1 Å². The molecule has 0 spiro atoms. The molecule has 0 bridgehead atoms. The normalized spacial score (nSPS) is 14.5. The van der Waals surface area contributed by atoms with Crippen molar-refractivity contribution >= 4 is 5.71 Å². The summed E-state index contributed by atoms with van der Waals surface area (Å²) in [5.74, 6) is 1.14. The number of aliphatic imine (C=N–C) groups is 1. The van der Waals surface area contributed by atoms with E-state index in [-0.39, 0.29) is 6.61 Å².